The third-order valence-electron chi connectivity index (χ3n) is 2.26. The van der Waals surface area contributed by atoms with Gasteiger partial charge < -0.3 is 4.74 Å². The minimum Gasteiger partial charge on any atom is -0.471 e. The third-order valence-corrected chi connectivity index (χ3v) is 2.26. The van der Waals surface area contributed by atoms with E-state index >= 15 is 0 Å². The van der Waals surface area contributed by atoms with Crippen molar-refractivity contribution in [3.05, 3.63) is 12.6 Å². The molecule has 0 aromatic carbocycles. The minimum atomic E-state index is -0.659. The highest BCUT2D eigenvalue weighted by molar-refractivity contribution is 4.63. The first kappa shape index (κ1) is 13.5. The summed E-state index contributed by atoms with van der Waals surface area (Å²) >= 11 is 0. The van der Waals surface area contributed by atoms with Crippen molar-refractivity contribution in [2.75, 3.05) is 6.61 Å². The smallest absolute Gasteiger partial charge is 0.265 e. The molecule has 0 aliphatic rings. The molecule has 84 valence electrons. The van der Waals surface area contributed by atoms with Crippen molar-refractivity contribution in [1.29, 1.82) is 0 Å². The largest absolute Gasteiger partial charge is 0.471 e. The summed E-state index contributed by atoms with van der Waals surface area (Å²) in [7, 11) is 0. The lowest BCUT2D eigenvalue weighted by Crippen LogP contribution is -1.90. The Bertz CT molecular complexity index is 134. The fourth-order valence-corrected chi connectivity index (χ4v) is 1.42. The van der Waals surface area contributed by atoms with Crippen LogP contribution in [-0.2, 0) is 4.74 Å². The molecule has 0 aliphatic heterocycles. The number of rotatable bonds is 10. The molecule has 0 fully saturated rings. The van der Waals surface area contributed by atoms with E-state index in [-0.39, 0.29) is 0 Å². The molecule has 0 heterocycles. The molecule has 2 heteroatoms. The molecule has 14 heavy (non-hydrogen) atoms. The predicted octanol–water partition coefficient (Wildman–Crippen LogP) is 4.58. The van der Waals surface area contributed by atoms with Crippen LogP contribution in [0.5, 0.6) is 0 Å². The second-order valence-corrected chi connectivity index (χ2v) is 3.68. The van der Waals surface area contributed by atoms with Gasteiger partial charge in [0.2, 0.25) is 0 Å². The average Bonchev–Trinajstić information content (AvgIpc) is 2.15. The molecule has 1 nitrogen and oxygen atoms in total. The Morgan fingerprint density at radius 3 is 2.00 bits per heavy atom. The molecule has 0 aromatic heterocycles. The average molecular weight is 202 g/mol. The van der Waals surface area contributed by atoms with Crippen LogP contribution in [0.1, 0.15) is 58.3 Å². The summed E-state index contributed by atoms with van der Waals surface area (Å²) in [5.41, 5.74) is 0. The van der Waals surface area contributed by atoms with Gasteiger partial charge >= 0.3 is 0 Å². The van der Waals surface area contributed by atoms with E-state index in [9.17, 15) is 4.39 Å². The van der Waals surface area contributed by atoms with Gasteiger partial charge in [-0.2, -0.15) is 4.39 Å². The molecule has 0 N–H and O–H groups in total. The monoisotopic (exact) mass is 202 g/mol. The van der Waals surface area contributed by atoms with Gasteiger partial charge in [-0.05, 0) is 13.0 Å². The first-order valence-electron chi connectivity index (χ1n) is 5.74. The zero-order valence-electron chi connectivity index (χ0n) is 9.36. The predicted molar refractivity (Wildman–Crippen MR) is 58.8 cm³/mol. The lowest BCUT2D eigenvalue weighted by atomic mass is 10.1. The second kappa shape index (κ2) is 10.6. The van der Waals surface area contributed by atoms with Crippen molar-refractivity contribution >= 4 is 0 Å². The lowest BCUT2D eigenvalue weighted by Gasteiger charge is -2.02. The van der Waals surface area contributed by atoms with Gasteiger partial charge in [-0.25, -0.2) is 0 Å². The molecule has 0 aromatic rings. The summed E-state index contributed by atoms with van der Waals surface area (Å²) in [4.78, 5) is 0. The highest BCUT2D eigenvalue weighted by atomic mass is 19.1. The van der Waals surface area contributed by atoms with Crippen LogP contribution in [0.25, 0.3) is 0 Å². The maximum Gasteiger partial charge on any atom is 0.265 e. The van der Waals surface area contributed by atoms with Crippen molar-refractivity contribution in [2.24, 2.45) is 0 Å². The first-order valence-corrected chi connectivity index (χ1v) is 5.74. The molecule has 0 saturated heterocycles. The molecule has 0 aliphatic carbocycles. The molecule has 0 bridgehead atoms. The quantitative estimate of drug-likeness (QED) is 0.372. The van der Waals surface area contributed by atoms with Crippen molar-refractivity contribution in [1.82, 2.24) is 0 Å². The van der Waals surface area contributed by atoms with Gasteiger partial charge in [0.1, 0.15) is 0 Å². The SMILES string of the molecule is C=C(F)OCCCCCCCCCC. The van der Waals surface area contributed by atoms with Gasteiger partial charge in [0.05, 0.1) is 6.61 Å². The molecule has 0 amide bonds. The Morgan fingerprint density at radius 1 is 1.00 bits per heavy atom. The highest BCUT2D eigenvalue weighted by Crippen LogP contribution is 2.08. The van der Waals surface area contributed by atoms with Crippen LogP contribution in [0.4, 0.5) is 4.39 Å². The third kappa shape index (κ3) is 11.5. The minimum absolute atomic E-state index is 0.476. The summed E-state index contributed by atoms with van der Waals surface area (Å²) in [5, 5.41) is 0. The van der Waals surface area contributed by atoms with Crippen LogP contribution in [0.2, 0.25) is 0 Å². The topological polar surface area (TPSA) is 9.23 Å². The van der Waals surface area contributed by atoms with Crippen molar-refractivity contribution < 1.29 is 9.13 Å². The van der Waals surface area contributed by atoms with Crippen molar-refractivity contribution in [2.45, 2.75) is 58.3 Å². The van der Waals surface area contributed by atoms with Crippen LogP contribution in [0.15, 0.2) is 12.6 Å². The van der Waals surface area contributed by atoms with E-state index in [1.54, 1.807) is 0 Å². The normalized spacial score (nSPS) is 10.1. The zero-order chi connectivity index (χ0) is 10.6. The lowest BCUT2D eigenvalue weighted by molar-refractivity contribution is 0.143. The number of hydrogen-bond acceptors (Lipinski definition) is 1. The maximum atomic E-state index is 12.0. The fourth-order valence-electron chi connectivity index (χ4n) is 1.42. The van der Waals surface area contributed by atoms with Gasteiger partial charge in [0, 0.05) is 0 Å². The molecular formula is C12H23FO. The molecule has 0 rings (SSSR count). The zero-order valence-corrected chi connectivity index (χ0v) is 9.36. The Morgan fingerprint density at radius 2 is 1.50 bits per heavy atom. The van der Waals surface area contributed by atoms with Crippen molar-refractivity contribution in [3.8, 4) is 0 Å². The molecule has 0 saturated carbocycles. The van der Waals surface area contributed by atoms with E-state index in [1.807, 2.05) is 0 Å². The Labute approximate surface area is 87.3 Å². The van der Waals surface area contributed by atoms with Gasteiger partial charge in [0.15, 0.2) is 0 Å². The molecule has 0 atom stereocenters. The number of ether oxygens (including phenoxy) is 1. The second-order valence-electron chi connectivity index (χ2n) is 3.68. The Kier molecular flexibility index (Phi) is 10.2. The summed E-state index contributed by atoms with van der Waals surface area (Å²) < 4.78 is 16.6. The first-order chi connectivity index (χ1) is 6.77. The van der Waals surface area contributed by atoms with Crippen LogP contribution < -0.4 is 0 Å². The van der Waals surface area contributed by atoms with E-state index in [0.717, 1.165) is 12.8 Å². The summed E-state index contributed by atoms with van der Waals surface area (Å²) in [6.07, 6.45) is 9.97. The highest BCUT2D eigenvalue weighted by Gasteiger charge is 1.93. The maximum absolute atomic E-state index is 12.0. The van der Waals surface area contributed by atoms with Gasteiger partial charge in [-0.1, -0.05) is 51.9 Å². The van der Waals surface area contributed by atoms with E-state index < -0.39 is 6.01 Å². The number of halogens is 1. The fraction of sp³-hybridized carbons (Fsp3) is 0.833. The number of hydrogen-bond donors (Lipinski definition) is 0. The van der Waals surface area contributed by atoms with Gasteiger partial charge in [-0.3, -0.25) is 0 Å². The summed E-state index contributed by atoms with van der Waals surface area (Å²) in [5.74, 6) is 0. The summed E-state index contributed by atoms with van der Waals surface area (Å²) in [6, 6.07) is -0.659. The van der Waals surface area contributed by atoms with E-state index in [2.05, 4.69) is 18.2 Å². The van der Waals surface area contributed by atoms with E-state index in [1.165, 1.54) is 38.5 Å². The Hall–Kier alpha value is -0.530. The molecule has 0 unspecified atom stereocenters. The van der Waals surface area contributed by atoms with Crippen LogP contribution >= 0.6 is 0 Å². The van der Waals surface area contributed by atoms with Crippen LogP contribution in [0, 0.1) is 0 Å². The molecule has 0 radical (unpaired) electrons. The van der Waals surface area contributed by atoms with Crippen molar-refractivity contribution in [3.63, 3.8) is 0 Å². The van der Waals surface area contributed by atoms with Gasteiger partial charge in [0.25, 0.3) is 6.01 Å². The van der Waals surface area contributed by atoms with E-state index in [0.29, 0.717) is 6.61 Å². The van der Waals surface area contributed by atoms with Gasteiger partial charge in [-0.15, -0.1) is 0 Å². The van der Waals surface area contributed by atoms with E-state index in [4.69, 9.17) is 0 Å². The van der Waals surface area contributed by atoms with Crippen LogP contribution in [-0.4, -0.2) is 6.61 Å². The molecule has 0 spiro atoms. The Balaban J connectivity index is 2.88. The van der Waals surface area contributed by atoms with Crippen LogP contribution in [0.3, 0.4) is 0 Å². The standard InChI is InChI=1S/C12H23FO/c1-3-4-5-6-7-8-9-10-11-14-12(2)13/h2-11H2,1H3. The summed E-state index contributed by atoms with van der Waals surface area (Å²) in [6.45, 7) is 5.73. The molecular weight excluding hydrogens is 179 g/mol. The number of unbranched alkanes of at least 4 members (excludes halogenated alkanes) is 7.